The van der Waals surface area contributed by atoms with Crippen molar-refractivity contribution in [3.8, 4) is 6.07 Å². The molecule has 4 heteroatoms. The van der Waals surface area contributed by atoms with Crippen LogP contribution in [0.3, 0.4) is 0 Å². The van der Waals surface area contributed by atoms with Crippen LogP contribution in [0.5, 0.6) is 0 Å². The predicted octanol–water partition coefficient (Wildman–Crippen LogP) is 5.53. The molecule has 1 aromatic carbocycles. The number of ether oxygens (including phenoxy) is 1. The minimum absolute atomic E-state index is 0.225. The summed E-state index contributed by atoms with van der Waals surface area (Å²) < 4.78 is 33.5. The van der Waals surface area contributed by atoms with Gasteiger partial charge in [0.25, 0.3) is 0 Å². The third kappa shape index (κ3) is 5.27. The molecule has 1 aliphatic carbocycles. The van der Waals surface area contributed by atoms with E-state index in [1.807, 2.05) is 0 Å². The molecule has 2 rings (SSSR count). The van der Waals surface area contributed by atoms with Crippen LogP contribution < -0.4 is 0 Å². The summed E-state index contributed by atoms with van der Waals surface area (Å²) in [6.45, 7) is 3.05. The first-order chi connectivity index (χ1) is 11.7. The molecule has 0 bridgehead atoms. The number of hydrogen-bond donors (Lipinski definition) is 0. The van der Waals surface area contributed by atoms with Gasteiger partial charge in [-0.05, 0) is 62.5 Å². The van der Waals surface area contributed by atoms with Crippen molar-refractivity contribution in [3.05, 3.63) is 34.9 Å². The van der Waals surface area contributed by atoms with E-state index in [2.05, 4.69) is 6.92 Å². The van der Waals surface area contributed by atoms with Gasteiger partial charge in [0.05, 0.1) is 11.7 Å². The van der Waals surface area contributed by atoms with E-state index in [4.69, 9.17) is 10.00 Å². The minimum atomic E-state index is -1.01. The highest BCUT2D eigenvalue weighted by atomic mass is 19.2. The van der Waals surface area contributed by atoms with Gasteiger partial charge in [0.1, 0.15) is 6.07 Å². The van der Waals surface area contributed by atoms with Crippen molar-refractivity contribution in [1.82, 2.24) is 0 Å². The number of benzene rings is 1. The van der Waals surface area contributed by atoms with Gasteiger partial charge in [-0.15, -0.1) is 0 Å². The van der Waals surface area contributed by atoms with E-state index in [9.17, 15) is 8.78 Å². The van der Waals surface area contributed by atoms with Crippen molar-refractivity contribution in [1.29, 1.82) is 5.26 Å². The topological polar surface area (TPSA) is 33.0 Å². The molecule has 0 unspecified atom stereocenters. The Morgan fingerprint density at radius 3 is 2.54 bits per heavy atom. The maximum atomic E-state index is 13.9. The Morgan fingerprint density at radius 2 is 1.88 bits per heavy atom. The molecule has 0 aliphatic heterocycles. The summed E-state index contributed by atoms with van der Waals surface area (Å²) in [6, 6.07) is 4.58. The molecule has 0 spiro atoms. The monoisotopic (exact) mass is 335 g/mol. The summed E-state index contributed by atoms with van der Waals surface area (Å²) in [4.78, 5) is 0. The predicted molar refractivity (Wildman–Crippen MR) is 90.6 cm³/mol. The fraction of sp³-hybridized carbons (Fsp3) is 0.650. The summed E-state index contributed by atoms with van der Waals surface area (Å²) in [5.74, 6) is -1.32. The van der Waals surface area contributed by atoms with E-state index in [0.717, 1.165) is 45.1 Å². The van der Waals surface area contributed by atoms with Crippen LogP contribution in [0.15, 0.2) is 12.1 Å². The minimum Gasteiger partial charge on any atom is -0.378 e. The van der Waals surface area contributed by atoms with Crippen LogP contribution in [-0.2, 0) is 11.2 Å². The Hall–Kier alpha value is -1.47. The lowest BCUT2D eigenvalue weighted by molar-refractivity contribution is 0.0155. The summed E-state index contributed by atoms with van der Waals surface area (Å²) >= 11 is 0. The molecule has 132 valence electrons. The second kappa shape index (κ2) is 9.74. The third-order valence-electron chi connectivity index (χ3n) is 5.00. The average Bonchev–Trinajstić information content (AvgIpc) is 2.61. The molecule has 0 aromatic heterocycles. The second-order valence-corrected chi connectivity index (χ2v) is 6.77. The molecule has 1 aromatic rings. The van der Waals surface area contributed by atoms with Gasteiger partial charge < -0.3 is 4.74 Å². The number of nitriles is 1. The Morgan fingerprint density at radius 1 is 1.12 bits per heavy atom. The van der Waals surface area contributed by atoms with E-state index >= 15 is 0 Å². The lowest BCUT2D eigenvalue weighted by Gasteiger charge is -2.28. The van der Waals surface area contributed by atoms with Crippen LogP contribution in [0.4, 0.5) is 8.78 Å². The molecule has 1 aliphatic rings. The average molecular weight is 335 g/mol. The normalized spacial score (nSPS) is 20.8. The Labute approximate surface area is 143 Å². The molecular weight excluding hydrogens is 308 g/mol. The van der Waals surface area contributed by atoms with Crippen molar-refractivity contribution in [2.75, 3.05) is 6.61 Å². The van der Waals surface area contributed by atoms with Gasteiger partial charge in [0.15, 0.2) is 11.6 Å². The number of aryl methyl sites for hydroxylation is 1. The van der Waals surface area contributed by atoms with Crippen molar-refractivity contribution < 1.29 is 13.5 Å². The molecule has 2 nitrogen and oxygen atoms in total. The Balaban J connectivity index is 1.73. The van der Waals surface area contributed by atoms with E-state index in [1.165, 1.54) is 18.9 Å². The van der Waals surface area contributed by atoms with Crippen LogP contribution >= 0.6 is 0 Å². The standard InChI is InChI=1S/C20H27F2NO/c1-2-3-4-13-24-18-11-6-15(7-12-18)5-8-16-9-10-17(14-23)20(22)19(16)21/h9-10,15,18H,2-8,11-13H2,1H3. The lowest BCUT2D eigenvalue weighted by atomic mass is 9.83. The number of nitrogens with zero attached hydrogens (tertiary/aromatic N) is 1. The number of rotatable bonds is 8. The van der Waals surface area contributed by atoms with Crippen LogP contribution in [0.25, 0.3) is 0 Å². The largest absolute Gasteiger partial charge is 0.378 e. The zero-order valence-electron chi connectivity index (χ0n) is 14.5. The van der Waals surface area contributed by atoms with Crippen molar-refractivity contribution in [2.24, 2.45) is 5.92 Å². The van der Waals surface area contributed by atoms with Crippen LogP contribution in [-0.4, -0.2) is 12.7 Å². The fourth-order valence-corrected chi connectivity index (χ4v) is 3.42. The van der Waals surface area contributed by atoms with E-state index in [1.54, 1.807) is 12.1 Å². The number of hydrogen-bond acceptors (Lipinski definition) is 2. The SMILES string of the molecule is CCCCCOC1CCC(CCc2ccc(C#N)c(F)c2F)CC1. The van der Waals surface area contributed by atoms with Crippen LogP contribution in [0.2, 0.25) is 0 Å². The van der Waals surface area contributed by atoms with Crippen molar-refractivity contribution >= 4 is 0 Å². The smallest absolute Gasteiger partial charge is 0.176 e. The molecule has 0 heterocycles. The highest BCUT2D eigenvalue weighted by Gasteiger charge is 2.22. The zero-order valence-corrected chi connectivity index (χ0v) is 14.5. The third-order valence-corrected chi connectivity index (χ3v) is 5.00. The molecule has 1 fully saturated rings. The molecular formula is C20H27F2NO. The lowest BCUT2D eigenvalue weighted by Crippen LogP contribution is -2.22. The molecule has 0 amide bonds. The summed E-state index contributed by atoms with van der Waals surface area (Å²) in [5, 5.41) is 8.72. The van der Waals surface area contributed by atoms with Gasteiger partial charge in [-0.25, -0.2) is 8.78 Å². The van der Waals surface area contributed by atoms with Gasteiger partial charge in [0.2, 0.25) is 0 Å². The van der Waals surface area contributed by atoms with E-state index < -0.39 is 11.6 Å². The van der Waals surface area contributed by atoms with E-state index in [0.29, 0.717) is 24.0 Å². The molecule has 0 N–H and O–H groups in total. The maximum absolute atomic E-state index is 13.9. The molecule has 0 atom stereocenters. The highest BCUT2D eigenvalue weighted by Crippen LogP contribution is 2.30. The Kier molecular flexibility index (Phi) is 7.65. The van der Waals surface area contributed by atoms with Gasteiger partial charge in [-0.2, -0.15) is 5.26 Å². The molecule has 1 saturated carbocycles. The quantitative estimate of drug-likeness (QED) is 0.585. The molecule has 0 saturated heterocycles. The first-order valence-corrected chi connectivity index (χ1v) is 9.14. The van der Waals surface area contributed by atoms with Crippen molar-refractivity contribution in [3.63, 3.8) is 0 Å². The van der Waals surface area contributed by atoms with Gasteiger partial charge in [0, 0.05) is 6.61 Å². The van der Waals surface area contributed by atoms with Crippen molar-refractivity contribution in [2.45, 2.75) is 70.8 Å². The molecule has 0 radical (unpaired) electrons. The summed E-state index contributed by atoms with van der Waals surface area (Å²) in [5.41, 5.74) is 0.154. The second-order valence-electron chi connectivity index (χ2n) is 6.77. The van der Waals surface area contributed by atoms with E-state index in [-0.39, 0.29) is 5.56 Å². The van der Waals surface area contributed by atoms with Gasteiger partial charge in [-0.3, -0.25) is 0 Å². The zero-order chi connectivity index (χ0) is 17.4. The van der Waals surface area contributed by atoms with Gasteiger partial charge >= 0.3 is 0 Å². The first-order valence-electron chi connectivity index (χ1n) is 9.14. The maximum Gasteiger partial charge on any atom is 0.176 e. The Bertz CT molecular complexity index is 559. The highest BCUT2D eigenvalue weighted by molar-refractivity contribution is 5.34. The van der Waals surface area contributed by atoms with Gasteiger partial charge in [-0.1, -0.05) is 25.8 Å². The van der Waals surface area contributed by atoms with Crippen LogP contribution in [0, 0.1) is 28.9 Å². The van der Waals surface area contributed by atoms with Crippen LogP contribution in [0.1, 0.15) is 69.4 Å². The summed E-state index contributed by atoms with van der Waals surface area (Å²) in [6.07, 6.45) is 9.68. The molecule has 24 heavy (non-hydrogen) atoms. The number of halogens is 2. The fourth-order valence-electron chi connectivity index (χ4n) is 3.42. The number of unbranched alkanes of at least 4 members (excludes halogenated alkanes) is 2. The first kappa shape index (κ1) is 18.9. The summed E-state index contributed by atoms with van der Waals surface area (Å²) in [7, 11) is 0.